The highest BCUT2D eigenvalue weighted by Crippen LogP contribution is 2.41. The predicted molar refractivity (Wildman–Crippen MR) is 114 cm³/mol. The van der Waals surface area contributed by atoms with Gasteiger partial charge in [-0.3, -0.25) is 0 Å². The number of fused-ring (bicyclic) bond motifs is 5. The number of piperazine rings is 1. The molecule has 2 aromatic carbocycles. The van der Waals surface area contributed by atoms with Crippen LogP contribution in [0.3, 0.4) is 0 Å². The van der Waals surface area contributed by atoms with E-state index in [0.29, 0.717) is 47.8 Å². The molecule has 29 heavy (non-hydrogen) atoms. The number of rotatable bonds is 2. The van der Waals surface area contributed by atoms with E-state index < -0.39 is 11.6 Å². The van der Waals surface area contributed by atoms with E-state index in [1.165, 1.54) is 6.07 Å². The minimum absolute atomic E-state index is 0.0477. The average molecular weight is 415 g/mol. The van der Waals surface area contributed by atoms with E-state index in [1.807, 2.05) is 36.7 Å². The first kappa shape index (κ1) is 18.6. The number of anilines is 1. The molecule has 0 aliphatic carbocycles. The minimum atomic E-state index is -0.552. The molecule has 3 aliphatic heterocycles. The molecule has 1 fully saturated rings. The van der Waals surface area contributed by atoms with Crippen LogP contribution in [0.25, 0.3) is 33.1 Å². The van der Waals surface area contributed by atoms with Crippen LogP contribution in [0.15, 0.2) is 30.5 Å². The Morgan fingerprint density at radius 2 is 2.07 bits per heavy atom. The van der Waals surface area contributed by atoms with Gasteiger partial charge in [-0.1, -0.05) is 11.6 Å². The van der Waals surface area contributed by atoms with Gasteiger partial charge in [0.2, 0.25) is 0 Å². The van der Waals surface area contributed by atoms with E-state index in [0.717, 1.165) is 16.5 Å². The van der Waals surface area contributed by atoms with Crippen LogP contribution in [0.1, 0.15) is 13.8 Å². The Balaban J connectivity index is 1.83. The Morgan fingerprint density at radius 3 is 2.83 bits per heavy atom. The lowest BCUT2D eigenvalue weighted by Gasteiger charge is -2.34. The third kappa shape index (κ3) is 2.85. The van der Waals surface area contributed by atoms with Crippen molar-refractivity contribution in [3.63, 3.8) is 0 Å². The molecule has 1 saturated heterocycles. The van der Waals surface area contributed by atoms with E-state index in [9.17, 15) is 0 Å². The molecule has 4 nitrogen and oxygen atoms in total. The van der Waals surface area contributed by atoms with Crippen molar-refractivity contribution < 1.29 is 8.78 Å². The molecule has 1 N–H and O–H groups in total. The van der Waals surface area contributed by atoms with Crippen LogP contribution in [-0.2, 0) is 6.54 Å². The van der Waals surface area contributed by atoms with Crippen molar-refractivity contribution in [3.05, 3.63) is 47.1 Å². The summed E-state index contributed by atoms with van der Waals surface area (Å²) >= 11 is 6.17. The summed E-state index contributed by atoms with van der Waals surface area (Å²) in [7, 11) is 0. The van der Waals surface area contributed by atoms with Gasteiger partial charge < -0.3 is 14.8 Å². The quantitative estimate of drug-likeness (QED) is 0.498. The van der Waals surface area contributed by atoms with Gasteiger partial charge in [-0.15, -0.1) is 0 Å². The molecular formula is C22H21ClF2N4. The fraction of sp³-hybridized carbons (Fsp3) is 0.318. The zero-order valence-corrected chi connectivity index (χ0v) is 17.0. The lowest BCUT2D eigenvalue weighted by Crippen LogP contribution is -2.49. The van der Waals surface area contributed by atoms with E-state index in [4.69, 9.17) is 11.6 Å². The van der Waals surface area contributed by atoms with Crippen molar-refractivity contribution in [2.45, 2.75) is 26.4 Å². The number of aromatic nitrogens is 2. The zero-order valence-electron chi connectivity index (χ0n) is 16.3. The lowest BCUT2D eigenvalue weighted by molar-refractivity contribution is 0.470. The van der Waals surface area contributed by atoms with Gasteiger partial charge in [-0.25, -0.2) is 13.8 Å². The molecule has 3 aliphatic rings. The number of benzene rings is 2. The molecule has 3 heterocycles. The molecular weight excluding hydrogens is 394 g/mol. The molecule has 7 heteroatoms. The fourth-order valence-corrected chi connectivity index (χ4v) is 4.59. The summed E-state index contributed by atoms with van der Waals surface area (Å²) in [6.45, 7) is 6.34. The SMILES string of the molecule is CCn1cc2c3cc(Cl)ccc3nc-2c2cc(F)c(N3CCNC(C)C3)c(F)c21. The van der Waals surface area contributed by atoms with Gasteiger partial charge >= 0.3 is 0 Å². The molecule has 0 saturated carbocycles. The maximum absolute atomic E-state index is 15.8. The predicted octanol–water partition coefficient (Wildman–Crippen LogP) is 5.04. The largest absolute Gasteiger partial charge is 0.364 e. The van der Waals surface area contributed by atoms with Crippen molar-refractivity contribution >= 4 is 39.1 Å². The molecule has 0 bridgehead atoms. The molecule has 1 atom stereocenters. The maximum atomic E-state index is 15.8. The fourth-order valence-electron chi connectivity index (χ4n) is 4.42. The highest BCUT2D eigenvalue weighted by molar-refractivity contribution is 6.31. The van der Waals surface area contributed by atoms with Gasteiger partial charge in [0, 0.05) is 59.8 Å². The molecule has 0 amide bonds. The van der Waals surface area contributed by atoms with Gasteiger partial charge in [0.25, 0.3) is 0 Å². The molecule has 5 rings (SSSR count). The van der Waals surface area contributed by atoms with Crippen LogP contribution < -0.4 is 10.2 Å². The molecule has 1 unspecified atom stereocenters. The lowest BCUT2D eigenvalue weighted by atomic mass is 10.0. The molecule has 0 spiro atoms. The number of aryl methyl sites for hydroxylation is 1. The molecule has 0 aromatic heterocycles. The summed E-state index contributed by atoms with van der Waals surface area (Å²) in [6.07, 6.45) is 1.90. The topological polar surface area (TPSA) is 33.1 Å². The first-order valence-electron chi connectivity index (χ1n) is 9.86. The van der Waals surface area contributed by atoms with Crippen LogP contribution in [-0.4, -0.2) is 35.2 Å². The van der Waals surface area contributed by atoms with Crippen LogP contribution in [0.2, 0.25) is 5.02 Å². The second-order valence-electron chi connectivity index (χ2n) is 7.67. The highest BCUT2D eigenvalue weighted by Gasteiger charge is 2.27. The number of pyridine rings is 1. The van der Waals surface area contributed by atoms with Gasteiger partial charge in [0.15, 0.2) is 5.82 Å². The normalized spacial score (nSPS) is 17.7. The maximum Gasteiger partial charge on any atom is 0.173 e. The monoisotopic (exact) mass is 414 g/mol. The third-order valence-corrected chi connectivity index (χ3v) is 5.99. The van der Waals surface area contributed by atoms with E-state index in [1.54, 1.807) is 11.0 Å². The Hall–Kier alpha value is -2.44. The first-order valence-corrected chi connectivity index (χ1v) is 10.2. The van der Waals surface area contributed by atoms with E-state index >= 15 is 8.78 Å². The van der Waals surface area contributed by atoms with Crippen molar-refractivity contribution in [2.75, 3.05) is 24.5 Å². The van der Waals surface area contributed by atoms with Crippen LogP contribution in [0.4, 0.5) is 14.5 Å². The van der Waals surface area contributed by atoms with E-state index in [2.05, 4.69) is 10.3 Å². The molecule has 150 valence electrons. The highest BCUT2D eigenvalue weighted by atomic mass is 35.5. The van der Waals surface area contributed by atoms with Gasteiger partial charge in [0.1, 0.15) is 11.5 Å². The second kappa shape index (κ2) is 6.82. The Bertz CT molecular complexity index is 1220. The van der Waals surface area contributed by atoms with Crippen molar-refractivity contribution in [3.8, 4) is 11.3 Å². The number of halogens is 3. The second-order valence-corrected chi connectivity index (χ2v) is 8.11. The summed E-state index contributed by atoms with van der Waals surface area (Å²) in [5.74, 6) is -1.08. The summed E-state index contributed by atoms with van der Waals surface area (Å²) in [5.41, 5.74) is 2.64. The summed E-state index contributed by atoms with van der Waals surface area (Å²) in [4.78, 5) is 6.46. The van der Waals surface area contributed by atoms with Gasteiger partial charge in [-0.05, 0) is 38.1 Å². The summed E-state index contributed by atoms with van der Waals surface area (Å²) < 4.78 is 32.8. The van der Waals surface area contributed by atoms with Crippen molar-refractivity contribution in [1.82, 2.24) is 14.9 Å². The van der Waals surface area contributed by atoms with E-state index in [-0.39, 0.29) is 11.7 Å². The third-order valence-electron chi connectivity index (χ3n) is 5.76. The number of nitrogens with one attached hydrogen (secondary N) is 1. The Kier molecular flexibility index (Phi) is 4.37. The van der Waals surface area contributed by atoms with Crippen LogP contribution >= 0.6 is 11.6 Å². The average Bonchev–Trinajstić information content (AvgIpc) is 3.05. The minimum Gasteiger partial charge on any atom is -0.364 e. The molecule has 0 radical (unpaired) electrons. The van der Waals surface area contributed by atoms with Gasteiger partial charge in [-0.2, -0.15) is 0 Å². The van der Waals surface area contributed by atoms with Crippen molar-refractivity contribution in [2.24, 2.45) is 0 Å². The number of hydrogen-bond acceptors (Lipinski definition) is 3. The van der Waals surface area contributed by atoms with Crippen molar-refractivity contribution in [1.29, 1.82) is 0 Å². The number of nitrogens with zero attached hydrogens (tertiary/aromatic N) is 3. The molecule has 2 aromatic rings. The Morgan fingerprint density at radius 1 is 1.24 bits per heavy atom. The van der Waals surface area contributed by atoms with Crippen LogP contribution in [0.5, 0.6) is 0 Å². The first-order chi connectivity index (χ1) is 14.0. The Labute approximate surface area is 172 Å². The standard InChI is InChI=1S/C22H21ClF2N4/c1-3-28-11-16-14-8-13(23)4-5-18(14)27-20(16)15-9-17(24)22(19(25)21(15)28)29-7-6-26-12(2)10-29/h4-5,8-9,11-12,26H,3,6-7,10H2,1-2H3. The summed E-state index contributed by atoms with van der Waals surface area (Å²) in [6, 6.07) is 7.06. The zero-order chi connectivity index (χ0) is 20.3. The summed E-state index contributed by atoms with van der Waals surface area (Å²) in [5, 5.41) is 5.29. The van der Waals surface area contributed by atoms with Gasteiger partial charge in [0.05, 0.1) is 16.7 Å². The number of hydrogen-bond donors (Lipinski definition) is 1. The smallest absolute Gasteiger partial charge is 0.173 e. The van der Waals surface area contributed by atoms with Crippen LogP contribution in [0, 0.1) is 11.6 Å².